The number of rotatable bonds is 7. The van der Waals surface area contributed by atoms with Crippen molar-refractivity contribution in [2.45, 2.75) is 12.5 Å². The van der Waals surface area contributed by atoms with Crippen LogP contribution in [0.2, 0.25) is 0 Å². The molecule has 8 heteroatoms. The Balaban J connectivity index is 1.45. The molecule has 33 heavy (non-hydrogen) atoms. The number of ether oxygens (including phenoxy) is 1. The summed E-state index contributed by atoms with van der Waals surface area (Å²) >= 11 is 0. The highest BCUT2D eigenvalue weighted by Gasteiger charge is 2.35. The number of carbonyl (C=O) groups is 2. The van der Waals surface area contributed by atoms with Crippen LogP contribution in [0, 0.1) is 0 Å². The van der Waals surface area contributed by atoms with Gasteiger partial charge in [0.15, 0.2) is 0 Å². The number of piperazine rings is 1. The van der Waals surface area contributed by atoms with Crippen molar-refractivity contribution in [1.82, 2.24) is 25.1 Å². The summed E-state index contributed by atoms with van der Waals surface area (Å²) in [6, 6.07) is 18.5. The van der Waals surface area contributed by atoms with Gasteiger partial charge in [0.2, 0.25) is 5.91 Å². The van der Waals surface area contributed by atoms with Crippen LogP contribution in [0.3, 0.4) is 0 Å². The number of hydrogen-bond acceptors (Lipinski definition) is 6. The topological polar surface area (TPSA) is 87.7 Å². The van der Waals surface area contributed by atoms with Crippen LogP contribution in [-0.4, -0.2) is 70.9 Å². The van der Waals surface area contributed by atoms with Gasteiger partial charge >= 0.3 is 6.01 Å². The van der Waals surface area contributed by atoms with E-state index in [4.69, 9.17) is 4.74 Å². The molecule has 8 nitrogen and oxygen atoms in total. The highest BCUT2D eigenvalue weighted by Crippen LogP contribution is 2.21. The molecule has 1 N–H and O–H groups in total. The summed E-state index contributed by atoms with van der Waals surface area (Å²) in [4.78, 5) is 38.0. The van der Waals surface area contributed by atoms with E-state index in [9.17, 15) is 9.59 Å². The van der Waals surface area contributed by atoms with Crippen molar-refractivity contribution >= 4 is 11.8 Å². The van der Waals surface area contributed by atoms with Crippen molar-refractivity contribution in [3.63, 3.8) is 0 Å². The average molecular weight is 446 g/mol. The highest BCUT2D eigenvalue weighted by atomic mass is 16.5. The van der Waals surface area contributed by atoms with Crippen molar-refractivity contribution < 1.29 is 14.3 Å². The third-order valence-corrected chi connectivity index (χ3v) is 5.67. The van der Waals surface area contributed by atoms with Gasteiger partial charge in [-0.2, -0.15) is 0 Å². The van der Waals surface area contributed by atoms with Crippen molar-refractivity contribution in [1.29, 1.82) is 0 Å². The molecule has 170 valence electrons. The van der Waals surface area contributed by atoms with Crippen LogP contribution in [0.1, 0.15) is 15.9 Å². The van der Waals surface area contributed by atoms with Crippen LogP contribution in [-0.2, 0) is 11.2 Å². The maximum Gasteiger partial charge on any atom is 0.321 e. The van der Waals surface area contributed by atoms with Gasteiger partial charge in [0.05, 0.1) is 0 Å². The molecule has 1 aliphatic rings. The van der Waals surface area contributed by atoms with Gasteiger partial charge in [-0.05, 0) is 36.2 Å². The van der Waals surface area contributed by atoms with Gasteiger partial charge < -0.3 is 15.0 Å². The number of nitrogens with zero attached hydrogens (tertiary/aromatic N) is 4. The highest BCUT2D eigenvalue weighted by molar-refractivity contribution is 5.98. The predicted molar refractivity (Wildman–Crippen MR) is 124 cm³/mol. The molecule has 2 aromatic carbocycles. The smallest absolute Gasteiger partial charge is 0.321 e. The maximum absolute atomic E-state index is 13.4. The van der Waals surface area contributed by atoms with Crippen molar-refractivity contribution in [3.05, 3.63) is 84.2 Å². The molecular formula is C25H27N5O3. The van der Waals surface area contributed by atoms with Crippen molar-refractivity contribution in [2.75, 3.05) is 33.2 Å². The summed E-state index contributed by atoms with van der Waals surface area (Å²) in [7, 11) is 1.60. The lowest BCUT2D eigenvalue weighted by molar-refractivity contribution is -0.127. The van der Waals surface area contributed by atoms with Gasteiger partial charge in [0.25, 0.3) is 5.91 Å². The molecule has 1 fully saturated rings. The Morgan fingerprint density at radius 2 is 1.82 bits per heavy atom. The van der Waals surface area contributed by atoms with Gasteiger partial charge in [-0.3, -0.25) is 14.5 Å². The molecule has 2 heterocycles. The Bertz CT molecular complexity index is 1080. The fourth-order valence-corrected chi connectivity index (χ4v) is 3.91. The van der Waals surface area contributed by atoms with E-state index in [1.165, 1.54) is 5.56 Å². The lowest BCUT2D eigenvalue weighted by Crippen LogP contribution is -2.60. The zero-order valence-electron chi connectivity index (χ0n) is 18.6. The molecule has 0 bridgehead atoms. The molecule has 4 rings (SSSR count). The van der Waals surface area contributed by atoms with E-state index in [1.807, 2.05) is 18.2 Å². The van der Waals surface area contributed by atoms with Crippen LogP contribution in [0.15, 0.2) is 73.1 Å². The third kappa shape index (κ3) is 5.72. The molecule has 1 unspecified atom stereocenters. The van der Waals surface area contributed by atoms with E-state index in [-0.39, 0.29) is 17.8 Å². The third-order valence-electron chi connectivity index (χ3n) is 5.67. The summed E-state index contributed by atoms with van der Waals surface area (Å²) in [6.07, 6.45) is 4.07. The van der Waals surface area contributed by atoms with E-state index in [0.29, 0.717) is 30.9 Å². The van der Waals surface area contributed by atoms with E-state index >= 15 is 0 Å². The lowest BCUT2D eigenvalue weighted by Gasteiger charge is -2.40. The Kier molecular flexibility index (Phi) is 7.26. The number of aromatic nitrogens is 2. The molecule has 0 spiro atoms. The van der Waals surface area contributed by atoms with Crippen LogP contribution in [0.4, 0.5) is 0 Å². The van der Waals surface area contributed by atoms with E-state index in [1.54, 1.807) is 54.7 Å². The quantitative estimate of drug-likeness (QED) is 0.601. The number of likely N-dealkylation sites (N-methyl/N-ethyl adjacent to an activating group) is 1. The molecule has 3 aromatic rings. The van der Waals surface area contributed by atoms with E-state index in [0.717, 1.165) is 13.0 Å². The first-order valence-electron chi connectivity index (χ1n) is 11.0. The standard InChI is InChI=1S/C25H27N5O3/c1-26-23(31)22-18-29(14-11-19-7-3-2-4-8-19)15-16-30(22)24(32)20-9-5-10-21(17-20)33-25-27-12-6-13-28-25/h2-10,12-13,17,22H,11,14-16,18H2,1H3,(H,26,31). The Morgan fingerprint density at radius 1 is 1.03 bits per heavy atom. The second-order valence-corrected chi connectivity index (χ2v) is 7.83. The normalized spacial score (nSPS) is 16.3. The van der Waals surface area contributed by atoms with Crippen LogP contribution in [0.25, 0.3) is 0 Å². The number of amides is 2. The van der Waals surface area contributed by atoms with Crippen molar-refractivity contribution in [3.8, 4) is 11.8 Å². The zero-order valence-corrected chi connectivity index (χ0v) is 18.6. The first-order chi connectivity index (χ1) is 16.1. The minimum Gasteiger partial charge on any atom is -0.424 e. The summed E-state index contributed by atoms with van der Waals surface area (Å²) < 4.78 is 5.66. The fraction of sp³-hybridized carbons (Fsp3) is 0.280. The summed E-state index contributed by atoms with van der Waals surface area (Å²) in [5.74, 6) is 0.0913. The van der Waals surface area contributed by atoms with Gasteiger partial charge in [-0.1, -0.05) is 36.4 Å². The van der Waals surface area contributed by atoms with Crippen LogP contribution >= 0.6 is 0 Å². The molecule has 1 aromatic heterocycles. The minimum absolute atomic E-state index is 0.169. The number of hydrogen-bond donors (Lipinski definition) is 1. The predicted octanol–water partition coefficient (Wildman–Crippen LogP) is 2.38. The number of nitrogens with one attached hydrogen (secondary N) is 1. The molecule has 0 radical (unpaired) electrons. The summed E-state index contributed by atoms with van der Waals surface area (Å²) in [5.41, 5.74) is 1.71. The van der Waals surface area contributed by atoms with E-state index in [2.05, 4.69) is 32.3 Å². The Labute approximate surface area is 193 Å². The largest absolute Gasteiger partial charge is 0.424 e. The van der Waals surface area contributed by atoms with Gasteiger partial charge in [0, 0.05) is 51.2 Å². The van der Waals surface area contributed by atoms with E-state index < -0.39 is 6.04 Å². The lowest BCUT2D eigenvalue weighted by atomic mass is 10.1. The first kappa shape index (κ1) is 22.4. The van der Waals surface area contributed by atoms with Gasteiger partial charge in [0.1, 0.15) is 11.8 Å². The van der Waals surface area contributed by atoms with Crippen LogP contribution in [0.5, 0.6) is 11.8 Å². The summed E-state index contributed by atoms with van der Waals surface area (Å²) in [5, 5.41) is 2.71. The molecule has 0 saturated carbocycles. The molecular weight excluding hydrogens is 418 g/mol. The fourth-order valence-electron chi connectivity index (χ4n) is 3.91. The van der Waals surface area contributed by atoms with Gasteiger partial charge in [-0.15, -0.1) is 0 Å². The molecule has 2 amide bonds. The number of carbonyl (C=O) groups excluding carboxylic acids is 2. The minimum atomic E-state index is -0.561. The van der Waals surface area contributed by atoms with Crippen molar-refractivity contribution in [2.24, 2.45) is 0 Å². The molecule has 1 aliphatic heterocycles. The monoisotopic (exact) mass is 445 g/mol. The Morgan fingerprint density at radius 3 is 2.58 bits per heavy atom. The van der Waals surface area contributed by atoms with Crippen LogP contribution < -0.4 is 10.1 Å². The second kappa shape index (κ2) is 10.7. The average Bonchev–Trinajstić information content (AvgIpc) is 2.88. The molecule has 0 aliphatic carbocycles. The maximum atomic E-state index is 13.4. The molecule has 1 atom stereocenters. The van der Waals surface area contributed by atoms with Gasteiger partial charge in [-0.25, -0.2) is 9.97 Å². The summed E-state index contributed by atoms with van der Waals surface area (Å²) in [6.45, 7) is 2.50. The zero-order chi connectivity index (χ0) is 23.0. The molecule has 1 saturated heterocycles. The first-order valence-corrected chi connectivity index (χ1v) is 11.0. The SMILES string of the molecule is CNC(=O)C1CN(CCc2ccccc2)CCN1C(=O)c1cccc(Oc2ncccn2)c1. The second-order valence-electron chi connectivity index (χ2n) is 7.83. The number of benzene rings is 2. The Hall–Kier alpha value is -3.78.